The molecule has 1 unspecified atom stereocenters. The van der Waals surface area contributed by atoms with Crippen LogP contribution >= 0.6 is 0 Å². The van der Waals surface area contributed by atoms with Crippen molar-refractivity contribution in [2.24, 2.45) is 11.1 Å². The zero-order chi connectivity index (χ0) is 12.4. The van der Waals surface area contributed by atoms with Crippen molar-refractivity contribution >= 4 is 0 Å². The van der Waals surface area contributed by atoms with E-state index >= 15 is 0 Å². The third kappa shape index (κ3) is 2.38. The minimum atomic E-state index is 0.143. The fraction of sp³-hybridized carbons (Fsp3) is 1.00. The molecule has 2 N–H and O–H groups in total. The summed E-state index contributed by atoms with van der Waals surface area (Å²) in [5, 5.41) is 0. The summed E-state index contributed by atoms with van der Waals surface area (Å²) in [5.74, 6) is 0. The second-order valence-corrected chi connectivity index (χ2v) is 5.96. The summed E-state index contributed by atoms with van der Waals surface area (Å²) in [5.41, 5.74) is 6.75. The van der Waals surface area contributed by atoms with Gasteiger partial charge in [0, 0.05) is 19.7 Å². The standard InChI is InChI=1S/C14H28N2O/c1-3-13(4-2)7-8-16(11-13)14(10-15)6-5-9-17-12-14/h3-12,15H2,1-2H3. The Hall–Kier alpha value is -0.120. The van der Waals surface area contributed by atoms with Crippen LogP contribution in [0, 0.1) is 5.41 Å². The van der Waals surface area contributed by atoms with Gasteiger partial charge in [-0.3, -0.25) is 4.90 Å². The van der Waals surface area contributed by atoms with E-state index in [1.54, 1.807) is 0 Å². The lowest BCUT2D eigenvalue weighted by Gasteiger charge is -2.44. The minimum absolute atomic E-state index is 0.143. The molecule has 0 radical (unpaired) electrons. The molecule has 0 amide bonds. The zero-order valence-corrected chi connectivity index (χ0v) is 11.5. The first-order chi connectivity index (χ1) is 8.20. The number of nitrogens with two attached hydrogens (primary N) is 1. The maximum atomic E-state index is 6.07. The second-order valence-electron chi connectivity index (χ2n) is 5.96. The first kappa shape index (κ1) is 13.3. The highest BCUT2D eigenvalue weighted by molar-refractivity contribution is 5.00. The fourth-order valence-corrected chi connectivity index (χ4v) is 3.54. The van der Waals surface area contributed by atoms with Gasteiger partial charge in [0.25, 0.3) is 0 Å². The van der Waals surface area contributed by atoms with Gasteiger partial charge in [-0.15, -0.1) is 0 Å². The molecule has 2 rings (SSSR count). The van der Waals surface area contributed by atoms with Gasteiger partial charge in [-0.1, -0.05) is 13.8 Å². The molecule has 2 aliphatic rings. The number of likely N-dealkylation sites (tertiary alicyclic amines) is 1. The summed E-state index contributed by atoms with van der Waals surface area (Å²) < 4.78 is 5.70. The van der Waals surface area contributed by atoms with Gasteiger partial charge in [0.1, 0.15) is 0 Å². The van der Waals surface area contributed by atoms with Crippen LogP contribution in [0.4, 0.5) is 0 Å². The smallest absolute Gasteiger partial charge is 0.0662 e. The first-order valence-corrected chi connectivity index (χ1v) is 7.23. The van der Waals surface area contributed by atoms with E-state index in [0.29, 0.717) is 5.41 Å². The molecule has 0 spiro atoms. The van der Waals surface area contributed by atoms with E-state index in [1.165, 1.54) is 45.2 Å². The summed E-state index contributed by atoms with van der Waals surface area (Å²) >= 11 is 0. The maximum Gasteiger partial charge on any atom is 0.0662 e. The molecule has 17 heavy (non-hydrogen) atoms. The molecule has 0 aromatic carbocycles. The van der Waals surface area contributed by atoms with Crippen molar-refractivity contribution in [3.63, 3.8) is 0 Å². The van der Waals surface area contributed by atoms with Gasteiger partial charge in [0.15, 0.2) is 0 Å². The first-order valence-electron chi connectivity index (χ1n) is 7.23. The predicted molar refractivity (Wildman–Crippen MR) is 71.0 cm³/mol. The largest absolute Gasteiger partial charge is 0.379 e. The topological polar surface area (TPSA) is 38.5 Å². The van der Waals surface area contributed by atoms with Gasteiger partial charge in [-0.2, -0.15) is 0 Å². The molecule has 2 saturated heterocycles. The van der Waals surface area contributed by atoms with E-state index in [1.807, 2.05) is 0 Å². The van der Waals surface area contributed by atoms with Gasteiger partial charge >= 0.3 is 0 Å². The van der Waals surface area contributed by atoms with Crippen molar-refractivity contribution < 1.29 is 4.74 Å². The highest BCUT2D eigenvalue weighted by Gasteiger charge is 2.45. The molecule has 2 fully saturated rings. The van der Waals surface area contributed by atoms with Crippen LogP contribution in [0.2, 0.25) is 0 Å². The second kappa shape index (κ2) is 5.25. The number of hydrogen-bond acceptors (Lipinski definition) is 3. The van der Waals surface area contributed by atoms with Crippen molar-refractivity contribution in [2.75, 3.05) is 32.8 Å². The SMILES string of the molecule is CCC1(CC)CCN(C2(CN)CCCOC2)C1. The Balaban J connectivity index is 2.07. The van der Waals surface area contributed by atoms with Crippen LogP contribution in [0.5, 0.6) is 0 Å². The Labute approximate surface area is 106 Å². The summed E-state index contributed by atoms with van der Waals surface area (Å²) in [7, 11) is 0. The number of rotatable bonds is 4. The van der Waals surface area contributed by atoms with Gasteiger partial charge in [0.05, 0.1) is 12.1 Å². The Kier molecular flexibility index (Phi) is 4.11. The van der Waals surface area contributed by atoms with Crippen LogP contribution < -0.4 is 5.73 Å². The van der Waals surface area contributed by atoms with Crippen LogP contribution in [0.1, 0.15) is 46.0 Å². The molecule has 0 aromatic rings. The van der Waals surface area contributed by atoms with E-state index in [9.17, 15) is 0 Å². The summed E-state index contributed by atoms with van der Waals surface area (Å²) in [4.78, 5) is 2.64. The van der Waals surface area contributed by atoms with Gasteiger partial charge < -0.3 is 10.5 Å². The van der Waals surface area contributed by atoms with E-state index in [-0.39, 0.29) is 5.54 Å². The van der Waals surface area contributed by atoms with Gasteiger partial charge in [-0.25, -0.2) is 0 Å². The molecule has 0 aromatic heterocycles. The molecule has 1 atom stereocenters. The van der Waals surface area contributed by atoms with Crippen molar-refractivity contribution in [3.05, 3.63) is 0 Å². The van der Waals surface area contributed by atoms with Crippen molar-refractivity contribution in [2.45, 2.75) is 51.5 Å². The fourth-order valence-electron chi connectivity index (χ4n) is 3.54. The predicted octanol–water partition coefficient (Wildman–Crippen LogP) is 2.01. The Morgan fingerprint density at radius 3 is 2.47 bits per heavy atom. The van der Waals surface area contributed by atoms with Crippen molar-refractivity contribution in [1.29, 1.82) is 0 Å². The molecule has 0 saturated carbocycles. The average Bonchev–Trinajstić information content (AvgIpc) is 2.85. The van der Waals surface area contributed by atoms with Crippen LogP contribution in [0.25, 0.3) is 0 Å². The minimum Gasteiger partial charge on any atom is -0.379 e. The highest BCUT2D eigenvalue weighted by atomic mass is 16.5. The number of ether oxygens (including phenoxy) is 1. The molecule has 3 heteroatoms. The lowest BCUT2D eigenvalue weighted by Crippen LogP contribution is -2.58. The lowest BCUT2D eigenvalue weighted by molar-refractivity contribution is -0.0399. The molecule has 0 aliphatic carbocycles. The van der Waals surface area contributed by atoms with Crippen LogP contribution in [-0.2, 0) is 4.74 Å². The van der Waals surface area contributed by atoms with Crippen LogP contribution in [0.3, 0.4) is 0 Å². The third-order valence-electron chi connectivity index (χ3n) is 5.29. The molecular weight excluding hydrogens is 212 g/mol. The quantitative estimate of drug-likeness (QED) is 0.817. The Morgan fingerprint density at radius 1 is 1.24 bits per heavy atom. The molecule has 2 heterocycles. The Bertz CT molecular complexity index is 245. The third-order valence-corrected chi connectivity index (χ3v) is 5.29. The van der Waals surface area contributed by atoms with Crippen molar-refractivity contribution in [1.82, 2.24) is 4.90 Å². The monoisotopic (exact) mass is 240 g/mol. The summed E-state index contributed by atoms with van der Waals surface area (Å²) in [6, 6.07) is 0. The molecule has 0 bridgehead atoms. The van der Waals surface area contributed by atoms with Gasteiger partial charge in [-0.05, 0) is 44.1 Å². The zero-order valence-electron chi connectivity index (χ0n) is 11.5. The molecule has 3 nitrogen and oxygen atoms in total. The van der Waals surface area contributed by atoms with E-state index in [4.69, 9.17) is 10.5 Å². The lowest BCUT2D eigenvalue weighted by atomic mass is 9.81. The van der Waals surface area contributed by atoms with E-state index < -0.39 is 0 Å². The molecule has 2 aliphatic heterocycles. The average molecular weight is 240 g/mol. The van der Waals surface area contributed by atoms with Crippen LogP contribution in [0.15, 0.2) is 0 Å². The summed E-state index contributed by atoms with van der Waals surface area (Å²) in [6.07, 6.45) is 6.30. The molecular formula is C14H28N2O. The number of nitrogens with zero attached hydrogens (tertiary/aromatic N) is 1. The molecule has 100 valence electrons. The van der Waals surface area contributed by atoms with Crippen molar-refractivity contribution in [3.8, 4) is 0 Å². The highest BCUT2D eigenvalue weighted by Crippen LogP contribution is 2.41. The summed E-state index contributed by atoms with van der Waals surface area (Å²) in [6.45, 7) is 9.60. The Morgan fingerprint density at radius 2 is 2.00 bits per heavy atom. The maximum absolute atomic E-state index is 6.07. The van der Waals surface area contributed by atoms with Crippen LogP contribution in [-0.4, -0.2) is 43.3 Å². The van der Waals surface area contributed by atoms with E-state index in [0.717, 1.165) is 19.8 Å². The normalized spacial score (nSPS) is 34.1. The van der Waals surface area contributed by atoms with Gasteiger partial charge in [0.2, 0.25) is 0 Å². The number of hydrogen-bond donors (Lipinski definition) is 1. The van der Waals surface area contributed by atoms with E-state index in [2.05, 4.69) is 18.7 Å².